The van der Waals surface area contributed by atoms with E-state index in [1.165, 1.54) is 6.26 Å². The molecule has 0 amide bonds. The van der Waals surface area contributed by atoms with Gasteiger partial charge in [0.2, 0.25) is 0 Å². The Bertz CT molecular complexity index is 584. The molecular formula is C19H22O3. The lowest BCUT2D eigenvalue weighted by molar-refractivity contribution is -0.137. The van der Waals surface area contributed by atoms with Crippen molar-refractivity contribution < 1.29 is 14.6 Å². The summed E-state index contributed by atoms with van der Waals surface area (Å²) in [6, 6.07) is 3.78. The summed E-state index contributed by atoms with van der Waals surface area (Å²) in [5.41, 5.74) is 2.66. The number of hydrogen-bond donors (Lipinski definition) is 1. The Morgan fingerprint density at radius 3 is 2.36 bits per heavy atom. The Hall–Kier alpha value is -2.55. The molecular weight excluding hydrogens is 276 g/mol. The topological polar surface area (TPSA) is 46.5 Å². The zero-order valence-corrected chi connectivity index (χ0v) is 13.1. The number of esters is 1. The molecule has 0 saturated heterocycles. The zero-order chi connectivity index (χ0) is 16.4. The molecule has 1 aromatic carbocycles. The average molecular weight is 298 g/mol. The van der Waals surface area contributed by atoms with Crippen molar-refractivity contribution in [2.45, 2.75) is 26.7 Å². The van der Waals surface area contributed by atoms with Crippen LogP contribution in [0.25, 0.3) is 0 Å². The van der Waals surface area contributed by atoms with Gasteiger partial charge in [0, 0.05) is 6.42 Å². The molecule has 1 aromatic rings. The number of hydrogen-bond acceptors (Lipinski definition) is 3. The summed E-state index contributed by atoms with van der Waals surface area (Å²) < 4.78 is 4.99. The van der Waals surface area contributed by atoms with E-state index in [1.807, 2.05) is 38.1 Å². The maximum atomic E-state index is 11.6. The number of aryl methyl sites for hydroxylation is 3. The van der Waals surface area contributed by atoms with Gasteiger partial charge in [0.1, 0.15) is 5.75 Å². The van der Waals surface area contributed by atoms with Crippen LogP contribution in [0.3, 0.4) is 0 Å². The van der Waals surface area contributed by atoms with Gasteiger partial charge in [-0.1, -0.05) is 49.1 Å². The highest BCUT2D eigenvalue weighted by Gasteiger charge is 2.06. The molecule has 0 bridgehead atoms. The van der Waals surface area contributed by atoms with E-state index in [-0.39, 0.29) is 5.97 Å². The van der Waals surface area contributed by atoms with Gasteiger partial charge in [0.15, 0.2) is 0 Å². The molecule has 3 heteroatoms. The lowest BCUT2D eigenvalue weighted by Gasteiger charge is -2.07. The zero-order valence-electron chi connectivity index (χ0n) is 13.1. The summed E-state index contributed by atoms with van der Waals surface area (Å²) >= 11 is 0. The molecule has 1 rings (SSSR count). The van der Waals surface area contributed by atoms with Gasteiger partial charge in [-0.2, -0.15) is 0 Å². The summed E-state index contributed by atoms with van der Waals surface area (Å²) in [4.78, 5) is 11.6. The van der Waals surface area contributed by atoms with Gasteiger partial charge in [0.05, 0.1) is 6.26 Å². The fraction of sp³-hybridized carbons (Fsp3) is 0.211. The number of carbonyl (C=O) groups excluding carboxylic acids is 1. The van der Waals surface area contributed by atoms with Crippen LogP contribution in [0, 0.1) is 13.8 Å². The molecule has 0 aliphatic heterocycles. The van der Waals surface area contributed by atoms with Gasteiger partial charge in [0.25, 0.3) is 0 Å². The fourth-order valence-corrected chi connectivity index (χ4v) is 1.93. The van der Waals surface area contributed by atoms with E-state index < -0.39 is 0 Å². The first kappa shape index (κ1) is 17.5. The lowest BCUT2D eigenvalue weighted by Crippen LogP contribution is -2.02. The van der Waals surface area contributed by atoms with Crippen LogP contribution in [0.2, 0.25) is 0 Å². The third kappa shape index (κ3) is 6.27. The number of phenolic OH excluding ortho intramolecular Hbond substituents is 1. The summed E-state index contributed by atoms with van der Waals surface area (Å²) in [6.45, 7) is 7.25. The Balaban J connectivity index is 2.40. The Morgan fingerprint density at radius 2 is 1.73 bits per heavy atom. The second-order valence-corrected chi connectivity index (χ2v) is 4.90. The molecule has 0 aliphatic carbocycles. The highest BCUT2D eigenvalue weighted by molar-refractivity contribution is 5.70. The Kier molecular flexibility index (Phi) is 7.48. The number of rotatable bonds is 7. The van der Waals surface area contributed by atoms with E-state index >= 15 is 0 Å². The minimum absolute atomic E-state index is 0.283. The molecule has 1 N–H and O–H groups in total. The minimum Gasteiger partial charge on any atom is -0.507 e. The molecule has 0 heterocycles. The van der Waals surface area contributed by atoms with E-state index in [4.69, 9.17) is 4.74 Å². The molecule has 22 heavy (non-hydrogen) atoms. The Morgan fingerprint density at radius 1 is 1.14 bits per heavy atom. The van der Waals surface area contributed by atoms with Gasteiger partial charge in [-0.25, -0.2) is 0 Å². The number of allylic oxidation sites excluding steroid dienone is 6. The summed E-state index contributed by atoms with van der Waals surface area (Å²) in [6.07, 6.45) is 12.8. The molecule has 0 aliphatic rings. The largest absolute Gasteiger partial charge is 0.507 e. The number of carbonyl (C=O) groups is 1. The van der Waals surface area contributed by atoms with Crippen molar-refractivity contribution >= 4 is 5.97 Å². The van der Waals surface area contributed by atoms with Crippen LogP contribution in [-0.4, -0.2) is 11.1 Å². The SMILES string of the molecule is C=C/C=C/C=C/C=C/OC(=O)CCc1cc(C)c(O)c(C)c1. The van der Waals surface area contributed by atoms with Crippen LogP contribution in [-0.2, 0) is 16.0 Å². The van der Waals surface area contributed by atoms with E-state index in [2.05, 4.69) is 6.58 Å². The third-order valence-electron chi connectivity index (χ3n) is 3.03. The van der Waals surface area contributed by atoms with Gasteiger partial charge >= 0.3 is 5.97 Å². The minimum atomic E-state index is -0.283. The molecule has 0 saturated carbocycles. The maximum Gasteiger partial charge on any atom is 0.310 e. The molecule has 0 aromatic heterocycles. The van der Waals surface area contributed by atoms with Crippen molar-refractivity contribution in [1.82, 2.24) is 0 Å². The lowest BCUT2D eigenvalue weighted by atomic mass is 10.0. The van der Waals surface area contributed by atoms with Crippen LogP contribution in [0.5, 0.6) is 5.75 Å². The number of ether oxygens (including phenoxy) is 1. The van der Waals surface area contributed by atoms with Crippen molar-refractivity contribution in [3.8, 4) is 5.75 Å². The summed E-state index contributed by atoms with van der Waals surface area (Å²) in [5.74, 6) is 0.0289. The van der Waals surface area contributed by atoms with Gasteiger partial charge < -0.3 is 9.84 Å². The maximum absolute atomic E-state index is 11.6. The summed E-state index contributed by atoms with van der Waals surface area (Å²) in [5, 5.41) is 9.71. The highest BCUT2D eigenvalue weighted by atomic mass is 16.5. The van der Waals surface area contributed by atoms with Crippen LogP contribution < -0.4 is 0 Å². The number of benzene rings is 1. The van der Waals surface area contributed by atoms with Crippen molar-refractivity contribution in [2.75, 3.05) is 0 Å². The monoisotopic (exact) mass is 298 g/mol. The molecule has 0 atom stereocenters. The van der Waals surface area contributed by atoms with Crippen LogP contribution in [0.1, 0.15) is 23.1 Å². The first-order chi connectivity index (χ1) is 10.5. The van der Waals surface area contributed by atoms with E-state index in [9.17, 15) is 9.90 Å². The predicted octanol–water partition coefficient (Wildman–Crippen LogP) is 4.30. The van der Waals surface area contributed by atoms with Crippen LogP contribution >= 0.6 is 0 Å². The van der Waals surface area contributed by atoms with Crippen molar-refractivity contribution in [3.05, 3.63) is 78.1 Å². The van der Waals surface area contributed by atoms with E-state index in [0.29, 0.717) is 18.6 Å². The van der Waals surface area contributed by atoms with Crippen molar-refractivity contribution in [1.29, 1.82) is 0 Å². The second kappa shape index (κ2) is 9.40. The second-order valence-electron chi connectivity index (χ2n) is 4.90. The molecule has 116 valence electrons. The van der Waals surface area contributed by atoms with Gasteiger partial charge in [-0.05, 0) is 43.0 Å². The molecule has 0 fully saturated rings. The number of aromatic hydroxyl groups is 1. The molecule has 0 spiro atoms. The Labute approximate surface area is 131 Å². The predicted molar refractivity (Wildman–Crippen MR) is 89.6 cm³/mol. The van der Waals surface area contributed by atoms with E-state index in [0.717, 1.165) is 16.7 Å². The smallest absolute Gasteiger partial charge is 0.310 e. The fourth-order valence-electron chi connectivity index (χ4n) is 1.93. The highest BCUT2D eigenvalue weighted by Crippen LogP contribution is 2.23. The first-order valence-corrected chi connectivity index (χ1v) is 7.14. The van der Waals surface area contributed by atoms with Crippen molar-refractivity contribution in [3.63, 3.8) is 0 Å². The van der Waals surface area contributed by atoms with Crippen molar-refractivity contribution in [2.24, 2.45) is 0 Å². The number of phenols is 1. The van der Waals surface area contributed by atoms with Gasteiger partial charge in [-0.3, -0.25) is 4.79 Å². The van der Waals surface area contributed by atoms with E-state index in [1.54, 1.807) is 24.3 Å². The standard InChI is InChI=1S/C19H22O3/c1-4-5-6-7-8-9-12-22-18(20)11-10-17-13-15(2)19(21)16(3)14-17/h4-9,12-14,21H,1,10-11H2,2-3H3/b6-5+,8-7+,12-9+. The molecule has 0 radical (unpaired) electrons. The van der Waals surface area contributed by atoms with Crippen LogP contribution in [0.4, 0.5) is 0 Å². The van der Waals surface area contributed by atoms with Gasteiger partial charge in [-0.15, -0.1) is 0 Å². The normalized spacial score (nSPS) is 11.5. The molecule has 3 nitrogen and oxygen atoms in total. The quantitative estimate of drug-likeness (QED) is 0.464. The first-order valence-electron chi connectivity index (χ1n) is 7.14. The third-order valence-corrected chi connectivity index (χ3v) is 3.03. The average Bonchev–Trinajstić information content (AvgIpc) is 2.49. The molecule has 0 unspecified atom stereocenters. The van der Waals surface area contributed by atoms with Crippen LogP contribution in [0.15, 0.2) is 61.4 Å². The summed E-state index contributed by atoms with van der Waals surface area (Å²) in [7, 11) is 0.